The van der Waals surface area contributed by atoms with Crippen LogP contribution in [0.4, 0.5) is 11.4 Å². The van der Waals surface area contributed by atoms with Crippen LogP contribution in [0.1, 0.15) is 16.1 Å². The van der Waals surface area contributed by atoms with Crippen molar-refractivity contribution in [2.45, 2.75) is 13.5 Å². The fourth-order valence-electron chi connectivity index (χ4n) is 3.39. The predicted molar refractivity (Wildman–Crippen MR) is 127 cm³/mol. The summed E-state index contributed by atoms with van der Waals surface area (Å²) < 4.78 is 6.64. The number of fused-ring (bicyclic) bond motifs is 1. The fraction of sp³-hybridized carbons (Fsp3) is 0.120. The number of rotatable bonds is 6. The maximum atomic E-state index is 13.0. The average Bonchev–Trinajstić information content (AvgIpc) is 2.82. The number of benzene rings is 2. The maximum Gasteiger partial charge on any atom is 0.261 e. The first kappa shape index (κ1) is 21.8. The monoisotopic (exact) mass is 442 g/mol. The second kappa shape index (κ2) is 9.35. The van der Waals surface area contributed by atoms with Crippen molar-refractivity contribution in [3.63, 3.8) is 0 Å². The van der Waals surface area contributed by atoms with Crippen LogP contribution in [0.15, 0.2) is 77.7 Å². The lowest BCUT2D eigenvalue weighted by Crippen LogP contribution is -2.27. The lowest BCUT2D eigenvalue weighted by molar-refractivity contribution is -0.116. The number of amides is 2. The minimum atomic E-state index is -0.557. The quantitative estimate of drug-likeness (QED) is 0.475. The van der Waals surface area contributed by atoms with Gasteiger partial charge in [-0.15, -0.1) is 0 Å². The first-order valence-electron chi connectivity index (χ1n) is 10.3. The van der Waals surface area contributed by atoms with Gasteiger partial charge in [0.25, 0.3) is 5.91 Å². The summed E-state index contributed by atoms with van der Waals surface area (Å²) in [4.78, 5) is 43.1. The normalized spacial score (nSPS) is 10.6. The molecule has 0 saturated heterocycles. The zero-order valence-corrected chi connectivity index (χ0v) is 18.2. The van der Waals surface area contributed by atoms with Crippen molar-refractivity contribution in [3.05, 3.63) is 94.4 Å². The largest absolute Gasteiger partial charge is 0.497 e. The molecule has 0 bridgehead atoms. The Morgan fingerprint density at radius 1 is 0.939 bits per heavy atom. The number of hydrogen-bond acceptors (Lipinski definition) is 5. The summed E-state index contributed by atoms with van der Waals surface area (Å²) in [5, 5.41) is 5.79. The molecule has 2 N–H and O–H groups in total. The zero-order valence-electron chi connectivity index (χ0n) is 18.2. The molecule has 0 unspecified atom stereocenters. The van der Waals surface area contributed by atoms with Gasteiger partial charge in [0.05, 0.1) is 12.5 Å². The van der Waals surface area contributed by atoms with Crippen molar-refractivity contribution < 1.29 is 14.3 Å². The SMILES string of the molecule is COc1ccc(NC(=O)Cn2cc(C(=O)Nc3ccccc3)c(=O)c3ccc(C)nc32)cc1. The third kappa shape index (κ3) is 4.90. The molecule has 2 heterocycles. The number of pyridine rings is 2. The highest BCUT2D eigenvalue weighted by Crippen LogP contribution is 2.16. The fourth-order valence-corrected chi connectivity index (χ4v) is 3.39. The summed E-state index contributed by atoms with van der Waals surface area (Å²) in [5.74, 6) is -0.214. The van der Waals surface area contributed by atoms with Crippen LogP contribution in [0.2, 0.25) is 0 Å². The van der Waals surface area contributed by atoms with Gasteiger partial charge in [0.1, 0.15) is 23.5 Å². The summed E-state index contributed by atoms with van der Waals surface area (Å²) in [6, 6.07) is 19.1. The van der Waals surface area contributed by atoms with Gasteiger partial charge in [0.2, 0.25) is 11.3 Å². The van der Waals surface area contributed by atoms with Crippen LogP contribution < -0.4 is 20.8 Å². The molecule has 4 aromatic rings. The molecule has 0 radical (unpaired) electrons. The summed E-state index contributed by atoms with van der Waals surface area (Å²) in [7, 11) is 1.57. The standard InChI is InChI=1S/C25H22N4O4/c1-16-8-13-20-23(31)21(25(32)28-17-6-4-3-5-7-17)14-29(24(20)26-16)15-22(30)27-18-9-11-19(33-2)12-10-18/h3-14H,15H2,1-2H3,(H,27,30)(H,28,32). The molecule has 33 heavy (non-hydrogen) atoms. The van der Waals surface area contributed by atoms with E-state index in [0.717, 1.165) is 0 Å². The molecule has 4 rings (SSSR count). The first-order valence-corrected chi connectivity index (χ1v) is 10.3. The molecule has 2 amide bonds. The number of nitrogens with zero attached hydrogens (tertiary/aromatic N) is 2. The van der Waals surface area contributed by atoms with Crippen molar-refractivity contribution in [1.29, 1.82) is 0 Å². The van der Waals surface area contributed by atoms with Crippen LogP contribution in [0.25, 0.3) is 11.0 Å². The molecule has 0 atom stereocenters. The molecule has 2 aromatic carbocycles. The van der Waals surface area contributed by atoms with E-state index in [1.807, 2.05) is 6.07 Å². The molecule has 0 aliphatic heterocycles. The van der Waals surface area contributed by atoms with Crippen LogP contribution in [0.5, 0.6) is 5.75 Å². The summed E-state index contributed by atoms with van der Waals surface area (Å²) in [5.41, 5.74) is 1.66. The molecule has 166 valence electrons. The Morgan fingerprint density at radius 3 is 2.33 bits per heavy atom. The number of methoxy groups -OCH3 is 1. The number of hydrogen-bond donors (Lipinski definition) is 2. The van der Waals surface area contributed by atoms with Gasteiger partial charge in [-0.2, -0.15) is 0 Å². The number of anilines is 2. The summed E-state index contributed by atoms with van der Waals surface area (Å²) in [6.45, 7) is 1.66. The van der Waals surface area contributed by atoms with Gasteiger partial charge >= 0.3 is 0 Å². The number of carbonyl (C=O) groups is 2. The number of aromatic nitrogens is 2. The van der Waals surface area contributed by atoms with E-state index < -0.39 is 11.3 Å². The number of para-hydroxylation sites is 1. The van der Waals surface area contributed by atoms with Gasteiger partial charge in [-0.3, -0.25) is 14.4 Å². The van der Waals surface area contributed by atoms with E-state index in [-0.39, 0.29) is 23.4 Å². The van der Waals surface area contributed by atoms with E-state index in [0.29, 0.717) is 28.5 Å². The maximum absolute atomic E-state index is 13.0. The Hall–Kier alpha value is -4.46. The highest BCUT2D eigenvalue weighted by Gasteiger charge is 2.18. The van der Waals surface area contributed by atoms with Gasteiger partial charge in [-0.05, 0) is 55.5 Å². The van der Waals surface area contributed by atoms with Crippen LogP contribution in [-0.4, -0.2) is 28.5 Å². The second-order valence-corrected chi connectivity index (χ2v) is 7.42. The summed E-state index contributed by atoms with van der Waals surface area (Å²) >= 11 is 0. The van der Waals surface area contributed by atoms with E-state index in [9.17, 15) is 14.4 Å². The summed E-state index contributed by atoms with van der Waals surface area (Å²) in [6.07, 6.45) is 1.38. The Kier molecular flexibility index (Phi) is 6.17. The highest BCUT2D eigenvalue weighted by molar-refractivity contribution is 6.05. The van der Waals surface area contributed by atoms with Crippen LogP contribution in [0, 0.1) is 6.92 Å². The Morgan fingerprint density at radius 2 is 1.64 bits per heavy atom. The van der Waals surface area contributed by atoms with Gasteiger partial charge in [-0.1, -0.05) is 18.2 Å². The number of aryl methyl sites for hydroxylation is 1. The first-order chi connectivity index (χ1) is 15.9. The van der Waals surface area contributed by atoms with Crippen molar-refractivity contribution in [2.75, 3.05) is 17.7 Å². The van der Waals surface area contributed by atoms with Crippen molar-refractivity contribution in [1.82, 2.24) is 9.55 Å². The molecule has 8 heteroatoms. The van der Waals surface area contributed by atoms with Gasteiger partial charge in [0, 0.05) is 23.3 Å². The lowest BCUT2D eigenvalue weighted by atomic mass is 10.1. The molecular weight excluding hydrogens is 420 g/mol. The molecule has 0 fully saturated rings. The zero-order chi connectivity index (χ0) is 23.4. The molecule has 0 aliphatic rings. The van der Waals surface area contributed by atoms with E-state index in [1.54, 1.807) is 74.7 Å². The molecule has 8 nitrogen and oxygen atoms in total. The van der Waals surface area contributed by atoms with Crippen LogP contribution in [-0.2, 0) is 11.3 Å². The smallest absolute Gasteiger partial charge is 0.261 e. The number of carbonyl (C=O) groups excluding carboxylic acids is 2. The topological polar surface area (TPSA) is 102 Å². The lowest BCUT2D eigenvalue weighted by Gasteiger charge is -2.14. The second-order valence-electron chi connectivity index (χ2n) is 7.42. The third-order valence-electron chi connectivity index (χ3n) is 5.02. The van der Waals surface area contributed by atoms with E-state index in [2.05, 4.69) is 15.6 Å². The van der Waals surface area contributed by atoms with Crippen LogP contribution in [0.3, 0.4) is 0 Å². The van der Waals surface area contributed by atoms with E-state index >= 15 is 0 Å². The Bertz CT molecular complexity index is 1380. The van der Waals surface area contributed by atoms with Crippen molar-refractivity contribution in [2.24, 2.45) is 0 Å². The number of ether oxygens (including phenoxy) is 1. The molecular formula is C25H22N4O4. The number of nitrogens with one attached hydrogen (secondary N) is 2. The van der Waals surface area contributed by atoms with Gasteiger partial charge in [-0.25, -0.2) is 4.98 Å². The van der Waals surface area contributed by atoms with Crippen LogP contribution >= 0.6 is 0 Å². The van der Waals surface area contributed by atoms with E-state index in [4.69, 9.17) is 4.74 Å². The Labute approximate surface area is 189 Å². The van der Waals surface area contributed by atoms with Gasteiger partial charge in [0.15, 0.2) is 0 Å². The molecule has 0 aliphatic carbocycles. The van der Waals surface area contributed by atoms with E-state index in [1.165, 1.54) is 10.8 Å². The van der Waals surface area contributed by atoms with Crippen molar-refractivity contribution in [3.8, 4) is 5.75 Å². The molecule has 0 spiro atoms. The van der Waals surface area contributed by atoms with Gasteiger partial charge < -0.3 is 19.9 Å². The predicted octanol–water partition coefficient (Wildman–Crippen LogP) is 3.60. The minimum Gasteiger partial charge on any atom is -0.497 e. The molecule has 0 saturated carbocycles. The minimum absolute atomic E-state index is 0.0748. The Balaban J connectivity index is 1.67. The average molecular weight is 442 g/mol. The van der Waals surface area contributed by atoms with Crippen molar-refractivity contribution >= 4 is 34.2 Å². The molecule has 2 aromatic heterocycles. The third-order valence-corrected chi connectivity index (χ3v) is 5.02. The highest BCUT2D eigenvalue weighted by atomic mass is 16.5.